The molecule has 1 aliphatic rings. The normalized spacial score (nSPS) is 12.3. The lowest BCUT2D eigenvalue weighted by Crippen LogP contribution is -2.42. The zero-order valence-electron chi connectivity index (χ0n) is 16.7. The Hall–Kier alpha value is -3.59. The van der Waals surface area contributed by atoms with Gasteiger partial charge in [-0.15, -0.1) is 0 Å². The molecule has 1 amide bonds. The van der Waals surface area contributed by atoms with Gasteiger partial charge in [-0.3, -0.25) is 4.79 Å². The number of amides is 1. The molecule has 3 rings (SSSR count). The number of carbonyl (C=O) groups excluding carboxylic acids is 1. The van der Waals surface area contributed by atoms with E-state index in [4.69, 9.17) is 29.3 Å². The first kappa shape index (κ1) is 22.7. The second-order valence-electron chi connectivity index (χ2n) is 6.58. The Morgan fingerprint density at radius 3 is 2.27 bits per heavy atom. The van der Waals surface area contributed by atoms with E-state index >= 15 is 0 Å². The summed E-state index contributed by atoms with van der Waals surface area (Å²) in [4.78, 5) is 32.4. The van der Waals surface area contributed by atoms with Crippen LogP contribution in [0.25, 0.3) is 0 Å². The summed E-state index contributed by atoms with van der Waals surface area (Å²) >= 11 is 0. The van der Waals surface area contributed by atoms with Crippen molar-refractivity contribution in [3.63, 3.8) is 0 Å². The molecule has 0 radical (unpaired) electrons. The second-order valence-corrected chi connectivity index (χ2v) is 6.58. The number of likely N-dealkylation sites (N-methyl/N-ethyl adjacent to an activating group) is 1. The van der Waals surface area contributed by atoms with Gasteiger partial charge in [0.2, 0.25) is 12.7 Å². The maximum Gasteiger partial charge on any atom is 0.414 e. The van der Waals surface area contributed by atoms with Crippen LogP contribution in [0.2, 0.25) is 0 Å². The highest BCUT2D eigenvalue weighted by Gasteiger charge is 2.18. The Morgan fingerprint density at radius 2 is 1.63 bits per heavy atom. The topological polar surface area (TPSA) is 125 Å². The highest BCUT2D eigenvalue weighted by molar-refractivity contribution is 6.27. The van der Waals surface area contributed by atoms with Crippen LogP contribution in [-0.2, 0) is 27.5 Å². The first-order chi connectivity index (χ1) is 14.3. The monoisotopic (exact) mass is 416 g/mol. The maximum absolute atomic E-state index is 12.5. The summed E-state index contributed by atoms with van der Waals surface area (Å²) in [6.45, 7) is 3.36. The Morgan fingerprint density at radius 1 is 1.00 bits per heavy atom. The van der Waals surface area contributed by atoms with Gasteiger partial charge in [-0.05, 0) is 30.2 Å². The molecular formula is C21H24N2O7. The van der Waals surface area contributed by atoms with Crippen molar-refractivity contribution in [2.24, 2.45) is 0 Å². The highest BCUT2D eigenvalue weighted by Crippen LogP contribution is 2.32. The van der Waals surface area contributed by atoms with Crippen LogP contribution in [0.1, 0.15) is 18.1 Å². The zero-order chi connectivity index (χ0) is 22.1. The van der Waals surface area contributed by atoms with Gasteiger partial charge in [0, 0.05) is 20.1 Å². The fraction of sp³-hybridized carbons (Fsp3) is 0.286. The molecule has 0 saturated heterocycles. The van der Waals surface area contributed by atoms with Crippen molar-refractivity contribution < 1.29 is 34.1 Å². The maximum atomic E-state index is 12.5. The summed E-state index contributed by atoms with van der Waals surface area (Å²) < 4.78 is 10.7. The van der Waals surface area contributed by atoms with Gasteiger partial charge in [-0.25, -0.2) is 9.59 Å². The number of carboxylic acid groups (broad SMARTS) is 2. The first-order valence-corrected chi connectivity index (χ1v) is 9.15. The van der Waals surface area contributed by atoms with Crippen molar-refractivity contribution >= 4 is 17.8 Å². The SMILES string of the molecule is CC(NCc1ccc2c(c1)OCO2)C(=O)N(C)Cc1ccccc1.O=C(O)C(=O)O. The zero-order valence-corrected chi connectivity index (χ0v) is 16.7. The number of fused-ring (bicyclic) bond motifs is 1. The molecule has 9 heteroatoms. The van der Waals surface area contributed by atoms with Crippen LogP contribution in [0.3, 0.4) is 0 Å². The van der Waals surface area contributed by atoms with E-state index in [0.29, 0.717) is 13.1 Å². The molecule has 0 aromatic heterocycles. The van der Waals surface area contributed by atoms with Gasteiger partial charge < -0.3 is 29.9 Å². The molecule has 0 saturated carbocycles. The summed E-state index contributed by atoms with van der Waals surface area (Å²) in [5.41, 5.74) is 2.18. The molecule has 0 aliphatic carbocycles. The Labute approximate surface area is 173 Å². The van der Waals surface area contributed by atoms with E-state index < -0.39 is 11.9 Å². The average molecular weight is 416 g/mol. The quantitative estimate of drug-likeness (QED) is 0.608. The van der Waals surface area contributed by atoms with Crippen molar-refractivity contribution in [2.75, 3.05) is 13.8 Å². The van der Waals surface area contributed by atoms with E-state index in [1.165, 1.54) is 0 Å². The van der Waals surface area contributed by atoms with Crippen LogP contribution in [0.15, 0.2) is 48.5 Å². The third kappa shape index (κ3) is 6.78. The average Bonchev–Trinajstić information content (AvgIpc) is 3.20. The Balaban J connectivity index is 0.000000469. The molecule has 2 aromatic rings. The molecule has 160 valence electrons. The lowest BCUT2D eigenvalue weighted by atomic mass is 10.1. The summed E-state index contributed by atoms with van der Waals surface area (Å²) in [7, 11) is 1.83. The van der Waals surface area contributed by atoms with Gasteiger partial charge in [-0.1, -0.05) is 36.4 Å². The number of benzene rings is 2. The third-order valence-electron chi connectivity index (χ3n) is 4.24. The second kappa shape index (κ2) is 10.8. The van der Waals surface area contributed by atoms with Crippen LogP contribution in [0.4, 0.5) is 0 Å². The summed E-state index contributed by atoms with van der Waals surface area (Å²) in [6, 6.07) is 15.5. The molecule has 1 heterocycles. The molecule has 3 N–H and O–H groups in total. The lowest BCUT2D eigenvalue weighted by Gasteiger charge is -2.22. The molecule has 30 heavy (non-hydrogen) atoms. The van der Waals surface area contributed by atoms with Crippen LogP contribution in [0.5, 0.6) is 11.5 Å². The molecule has 0 bridgehead atoms. The number of rotatable bonds is 6. The van der Waals surface area contributed by atoms with Crippen molar-refractivity contribution in [2.45, 2.75) is 26.1 Å². The van der Waals surface area contributed by atoms with Gasteiger partial charge in [0.15, 0.2) is 11.5 Å². The van der Waals surface area contributed by atoms with Crippen LogP contribution in [0, 0.1) is 0 Å². The predicted molar refractivity (Wildman–Crippen MR) is 107 cm³/mol. The standard InChI is InChI=1S/C19H22N2O3.C2H2O4/c1-14(19(22)21(2)12-15-6-4-3-5-7-15)20-11-16-8-9-17-18(10-16)24-13-23-17;3-1(4)2(5)6/h3-10,14,20H,11-13H2,1-2H3;(H,3,4)(H,5,6). The van der Waals surface area contributed by atoms with E-state index in [1.807, 2.05) is 62.5 Å². The minimum Gasteiger partial charge on any atom is -0.473 e. The van der Waals surface area contributed by atoms with E-state index in [1.54, 1.807) is 4.90 Å². The largest absolute Gasteiger partial charge is 0.473 e. The number of nitrogens with zero attached hydrogens (tertiary/aromatic N) is 1. The molecule has 1 aliphatic heterocycles. The molecule has 0 spiro atoms. The molecule has 1 atom stereocenters. The molecular weight excluding hydrogens is 392 g/mol. The molecule has 9 nitrogen and oxygen atoms in total. The van der Waals surface area contributed by atoms with E-state index in [-0.39, 0.29) is 18.7 Å². The highest BCUT2D eigenvalue weighted by atomic mass is 16.7. The van der Waals surface area contributed by atoms with E-state index in [0.717, 1.165) is 22.6 Å². The number of aliphatic carboxylic acids is 2. The number of hydrogen-bond acceptors (Lipinski definition) is 6. The van der Waals surface area contributed by atoms with Gasteiger partial charge in [0.1, 0.15) is 0 Å². The van der Waals surface area contributed by atoms with Crippen molar-refractivity contribution in [1.29, 1.82) is 0 Å². The summed E-state index contributed by atoms with van der Waals surface area (Å²) in [5.74, 6) is -2.05. The predicted octanol–water partition coefficient (Wildman–Crippen LogP) is 1.71. The van der Waals surface area contributed by atoms with Crippen molar-refractivity contribution in [3.05, 3.63) is 59.7 Å². The van der Waals surface area contributed by atoms with Crippen molar-refractivity contribution in [1.82, 2.24) is 10.2 Å². The van der Waals surface area contributed by atoms with Gasteiger partial charge in [0.05, 0.1) is 6.04 Å². The molecule has 0 fully saturated rings. The minimum atomic E-state index is -1.82. The number of carboxylic acids is 2. The number of hydrogen-bond donors (Lipinski definition) is 3. The fourth-order valence-electron chi connectivity index (χ4n) is 2.67. The Kier molecular flexibility index (Phi) is 8.18. The summed E-state index contributed by atoms with van der Waals surface area (Å²) in [6.07, 6.45) is 0. The lowest BCUT2D eigenvalue weighted by molar-refractivity contribution is -0.159. The van der Waals surface area contributed by atoms with Crippen LogP contribution in [-0.4, -0.2) is 52.8 Å². The van der Waals surface area contributed by atoms with Crippen LogP contribution >= 0.6 is 0 Å². The summed E-state index contributed by atoms with van der Waals surface area (Å²) in [5, 5.41) is 18.1. The van der Waals surface area contributed by atoms with E-state index in [9.17, 15) is 4.79 Å². The van der Waals surface area contributed by atoms with Crippen LogP contribution < -0.4 is 14.8 Å². The number of nitrogens with one attached hydrogen (secondary N) is 1. The van der Waals surface area contributed by atoms with Gasteiger partial charge >= 0.3 is 11.9 Å². The first-order valence-electron chi connectivity index (χ1n) is 9.15. The minimum absolute atomic E-state index is 0.0691. The van der Waals surface area contributed by atoms with Gasteiger partial charge in [-0.2, -0.15) is 0 Å². The van der Waals surface area contributed by atoms with Crippen molar-refractivity contribution in [3.8, 4) is 11.5 Å². The molecule has 2 aromatic carbocycles. The number of ether oxygens (including phenoxy) is 2. The Bertz CT molecular complexity index is 874. The number of carbonyl (C=O) groups is 3. The van der Waals surface area contributed by atoms with Gasteiger partial charge in [0.25, 0.3) is 0 Å². The van der Waals surface area contributed by atoms with E-state index in [2.05, 4.69) is 5.32 Å². The molecule has 1 unspecified atom stereocenters. The third-order valence-corrected chi connectivity index (χ3v) is 4.24. The fourth-order valence-corrected chi connectivity index (χ4v) is 2.67. The smallest absolute Gasteiger partial charge is 0.414 e.